The zero-order valence-corrected chi connectivity index (χ0v) is 15.6. The van der Waals surface area contributed by atoms with Crippen LogP contribution in [0.5, 0.6) is 0 Å². The minimum atomic E-state index is -0.434. The van der Waals surface area contributed by atoms with Gasteiger partial charge >= 0.3 is 0 Å². The number of para-hydroxylation sites is 2. The molecule has 1 heterocycles. The molecule has 1 N–H and O–H groups in total. The summed E-state index contributed by atoms with van der Waals surface area (Å²) in [5, 5.41) is 13.8. The molecule has 0 atom stereocenters. The molecule has 3 aromatic carbocycles. The maximum atomic E-state index is 11.6. The van der Waals surface area contributed by atoms with Crippen molar-refractivity contribution in [3.05, 3.63) is 90.5 Å². The molecule has 4 aromatic rings. The van der Waals surface area contributed by atoms with E-state index in [-0.39, 0.29) is 6.42 Å². The average molecular weight is 378 g/mol. The second kappa shape index (κ2) is 8.24. The lowest BCUT2D eigenvalue weighted by molar-refractivity contribution is -0.120. The van der Waals surface area contributed by atoms with Gasteiger partial charge in [0.2, 0.25) is 0 Å². The third-order valence-electron chi connectivity index (χ3n) is 4.60. The largest absolute Gasteiger partial charge is 0.309 e. The Labute approximate surface area is 168 Å². The standard InChI is InChI=1S/C24H18N4O/c25-16-15-23(29)27-26-17-21-20-13-7-8-14-22(20)28(19-11-5-2-6-12-19)24(21)18-9-3-1-4-10-18/h1-14,17H,15H2,(H,27,29)/b26-17-. The van der Waals surface area contributed by atoms with Crippen molar-refractivity contribution in [3.8, 4) is 23.0 Å². The molecular formula is C24H18N4O. The molecule has 5 heteroatoms. The molecule has 1 aromatic heterocycles. The fourth-order valence-corrected chi connectivity index (χ4v) is 3.40. The predicted molar refractivity (Wildman–Crippen MR) is 115 cm³/mol. The minimum absolute atomic E-state index is 0.228. The Hall–Kier alpha value is -4.17. The van der Waals surface area contributed by atoms with E-state index in [1.54, 1.807) is 6.21 Å². The lowest BCUT2D eigenvalue weighted by Crippen LogP contribution is -2.16. The Bertz CT molecular complexity index is 1220. The summed E-state index contributed by atoms with van der Waals surface area (Å²) < 4.78 is 2.20. The van der Waals surface area contributed by atoms with Crippen LogP contribution in [0.2, 0.25) is 0 Å². The monoisotopic (exact) mass is 378 g/mol. The fourth-order valence-electron chi connectivity index (χ4n) is 3.40. The van der Waals surface area contributed by atoms with Gasteiger partial charge in [-0.1, -0.05) is 66.7 Å². The van der Waals surface area contributed by atoms with Gasteiger partial charge in [-0.2, -0.15) is 10.4 Å². The van der Waals surface area contributed by atoms with Crippen LogP contribution in [0.4, 0.5) is 0 Å². The molecule has 0 bridgehead atoms. The van der Waals surface area contributed by atoms with E-state index in [4.69, 9.17) is 5.26 Å². The van der Waals surface area contributed by atoms with Crippen LogP contribution in [0.1, 0.15) is 12.0 Å². The van der Waals surface area contributed by atoms with Crippen LogP contribution in [0, 0.1) is 11.3 Å². The van der Waals surface area contributed by atoms with Crippen molar-refractivity contribution in [2.24, 2.45) is 5.10 Å². The van der Waals surface area contributed by atoms with Gasteiger partial charge in [-0.25, -0.2) is 5.43 Å². The Morgan fingerprint density at radius 2 is 1.62 bits per heavy atom. The van der Waals surface area contributed by atoms with Gasteiger partial charge in [0.15, 0.2) is 0 Å². The summed E-state index contributed by atoms with van der Waals surface area (Å²) in [6, 6.07) is 30.1. The highest BCUT2D eigenvalue weighted by molar-refractivity contribution is 6.07. The number of carbonyl (C=O) groups excluding carboxylic acids is 1. The molecule has 0 radical (unpaired) electrons. The van der Waals surface area contributed by atoms with Crippen LogP contribution in [0.15, 0.2) is 90.0 Å². The van der Waals surface area contributed by atoms with Crippen molar-refractivity contribution < 1.29 is 4.79 Å². The summed E-state index contributed by atoms with van der Waals surface area (Å²) in [5.41, 5.74) is 7.42. The number of aromatic nitrogens is 1. The van der Waals surface area contributed by atoms with Crippen LogP contribution in [-0.2, 0) is 4.79 Å². The number of amides is 1. The number of rotatable bonds is 5. The number of nitriles is 1. The van der Waals surface area contributed by atoms with Gasteiger partial charge in [0.1, 0.15) is 6.42 Å². The van der Waals surface area contributed by atoms with Gasteiger partial charge < -0.3 is 4.57 Å². The summed E-state index contributed by atoms with van der Waals surface area (Å²) in [7, 11) is 0. The summed E-state index contributed by atoms with van der Waals surface area (Å²) >= 11 is 0. The van der Waals surface area contributed by atoms with Crippen LogP contribution in [0.3, 0.4) is 0 Å². The number of nitrogens with one attached hydrogen (secondary N) is 1. The van der Waals surface area contributed by atoms with Gasteiger partial charge in [0.05, 0.1) is 23.5 Å². The molecule has 0 unspecified atom stereocenters. The van der Waals surface area contributed by atoms with Gasteiger partial charge in [0, 0.05) is 16.6 Å². The Morgan fingerprint density at radius 3 is 2.34 bits per heavy atom. The molecule has 0 saturated carbocycles. The summed E-state index contributed by atoms with van der Waals surface area (Å²) in [6.07, 6.45) is 1.42. The molecule has 29 heavy (non-hydrogen) atoms. The molecule has 1 amide bonds. The van der Waals surface area contributed by atoms with E-state index in [1.165, 1.54) is 0 Å². The van der Waals surface area contributed by atoms with Crippen molar-refractivity contribution in [2.75, 3.05) is 0 Å². The first-order chi connectivity index (χ1) is 14.3. The van der Waals surface area contributed by atoms with Crippen LogP contribution in [-0.4, -0.2) is 16.7 Å². The topological polar surface area (TPSA) is 70.2 Å². The lowest BCUT2D eigenvalue weighted by atomic mass is 10.1. The zero-order valence-electron chi connectivity index (χ0n) is 15.6. The third kappa shape index (κ3) is 3.64. The molecule has 140 valence electrons. The molecule has 0 aliphatic carbocycles. The van der Waals surface area contributed by atoms with Gasteiger partial charge in [0.25, 0.3) is 5.91 Å². The van der Waals surface area contributed by atoms with Gasteiger partial charge in [-0.3, -0.25) is 4.79 Å². The van der Waals surface area contributed by atoms with E-state index >= 15 is 0 Å². The molecule has 0 spiro atoms. The predicted octanol–water partition coefficient (Wildman–Crippen LogP) is 4.66. The SMILES string of the molecule is N#CCC(=O)N/N=C\c1c(-c2ccccc2)n(-c2ccccc2)c2ccccc12. The normalized spacial score (nSPS) is 10.9. The van der Waals surface area contributed by atoms with Crippen LogP contribution < -0.4 is 5.43 Å². The maximum Gasteiger partial charge on any atom is 0.254 e. The Morgan fingerprint density at radius 1 is 0.966 bits per heavy atom. The number of fused-ring (bicyclic) bond motifs is 1. The van der Waals surface area contributed by atoms with E-state index in [2.05, 4.69) is 45.4 Å². The molecule has 0 aliphatic heterocycles. The first-order valence-electron chi connectivity index (χ1n) is 9.22. The van der Waals surface area contributed by atoms with Crippen molar-refractivity contribution >= 4 is 23.0 Å². The Kier molecular flexibility index (Phi) is 5.17. The third-order valence-corrected chi connectivity index (χ3v) is 4.60. The van der Waals surface area contributed by atoms with E-state index in [1.807, 2.05) is 60.7 Å². The van der Waals surface area contributed by atoms with E-state index < -0.39 is 5.91 Å². The minimum Gasteiger partial charge on any atom is -0.309 e. The highest BCUT2D eigenvalue weighted by Crippen LogP contribution is 2.35. The molecule has 4 rings (SSSR count). The number of benzene rings is 3. The van der Waals surface area contributed by atoms with E-state index in [0.29, 0.717) is 0 Å². The smallest absolute Gasteiger partial charge is 0.254 e. The molecule has 0 aliphatic rings. The second-order valence-corrected chi connectivity index (χ2v) is 6.44. The summed E-state index contributed by atoms with van der Waals surface area (Å²) in [4.78, 5) is 11.6. The number of carbonyl (C=O) groups is 1. The van der Waals surface area contributed by atoms with Crippen molar-refractivity contribution in [2.45, 2.75) is 6.42 Å². The fraction of sp³-hybridized carbons (Fsp3) is 0.0417. The van der Waals surface area contributed by atoms with E-state index in [0.717, 1.165) is 33.4 Å². The Balaban J connectivity index is 1.96. The van der Waals surface area contributed by atoms with Crippen molar-refractivity contribution in [3.63, 3.8) is 0 Å². The van der Waals surface area contributed by atoms with Crippen LogP contribution >= 0.6 is 0 Å². The highest BCUT2D eigenvalue weighted by Gasteiger charge is 2.18. The molecule has 0 saturated heterocycles. The average Bonchev–Trinajstić information content (AvgIpc) is 3.10. The van der Waals surface area contributed by atoms with Crippen LogP contribution in [0.25, 0.3) is 27.8 Å². The number of hydrazone groups is 1. The summed E-state index contributed by atoms with van der Waals surface area (Å²) in [5.74, 6) is -0.434. The quantitative estimate of drug-likeness (QED) is 0.405. The molecule has 0 fully saturated rings. The summed E-state index contributed by atoms with van der Waals surface area (Å²) in [6.45, 7) is 0. The van der Waals surface area contributed by atoms with Crippen molar-refractivity contribution in [1.82, 2.24) is 9.99 Å². The van der Waals surface area contributed by atoms with Crippen molar-refractivity contribution in [1.29, 1.82) is 5.26 Å². The lowest BCUT2D eigenvalue weighted by Gasteiger charge is -2.12. The first-order valence-corrected chi connectivity index (χ1v) is 9.22. The highest BCUT2D eigenvalue weighted by atomic mass is 16.2. The van der Waals surface area contributed by atoms with Gasteiger partial charge in [-0.15, -0.1) is 0 Å². The van der Waals surface area contributed by atoms with Gasteiger partial charge in [-0.05, 0) is 23.8 Å². The number of hydrogen-bond acceptors (Lipinski definition) is 3. The number of nitrogens with zero attached hydrogens (tertiary/aromatic N) is 3. The molecular weight excluding hydrogens is 360 g/mol. The maximum absolute atomic E-state index is 11.6. The molecule has 5 nitrogen and oxygen atoms in total. The second-order valence-electron chi connectivity index (χ2n) is 6.44. The number of hydrogen-bond donors (Lipinski definition) is 1. The zero-order chi connectivity index (χ0) is 20.1. The van der Waals surface area contributed by atoms with E-state index in [9.17, 15) is 4.79 Å². The first kappa shape index (κ1) is 18.2.